The van der Waals surface area contributed by atoms with Crippen LogP contribution in [-0.4, -0.2) is 17.7 Å². The average Bonchev–Trinajstić information content (AvgIpc) is 2.34. The third-order valence-corrected chi connectivity index (χ3v) is 2.53. The molecule has 3 nitrogen and oxygen atoms in total. The van der Waals surface area contributed by atoms with Crippen molar-refractivity contribution in [2.24, 2.45) is 0 Å². The van der Waals surface area contributed by atoms with E-state index in [2.05, 4.69) is 0 Å². The van der Waals surface area contributed by atoms with Gasteiger partial charge in [0.15, 0.2) is 0 Å². The number of hydrogen-bond acceptors (Lipinski definition) is 3. The minimum atomic E-state index is -0.601. The molecular formula is C16H22O3. The molecule has 3 heteroatoms. The summed E-state index contributed by atoms with van der Waals surface area (Å²) in [5.41, 5.74) is 0.540. The summed E-state index contributed by atoms with van der Waals surface area (Å²) in [7, 11) is 0. The minimum Gasteiger partial charge on any atom is -0.456 e. The molecule has 1 rings (SSSR count). The highest BCUT2D eigenvalue weighted by atomic mass is 16.6. The molecule has 0 saturated heterocycles. The zero-order valence-electron chi connectivity index (χ0n) is 12.1. The summed E-state index contributed by atoms with van der Waals surface area (Å²) in [5, 5.41) is 0. The van der Waals surface area contributed by atoms with Gasteiger partial charge in [0.25, 0.3) is 0 Å². The van der Waals surface area contributed by atoms with Crippen molar-refractivity contribution in [1.82, 2.24) is 0 Å². The van der Waals surface area contributed by atoms with Crippen molar-refractivity contribution in [1.29, 1.82) is 0 Å². The molecule has 0 heterocycles. The molecule has 0 fully saturated rings. The normalized spacial score (nSPS) is 13.5. The zero-order chi connectivity index (χ0) is 14.3. The molecule has 0 bridgehead atoms. The van der Waals surface area contributed by atoms with Crippen molar-refractivity contribution in [2.75, 3.05) is 0 Å². The molecular weight excluding hydrogens is 240 g/mol. The quantitative estimate of drug-likeness (QED) is 0.581. The Bertz CT molecular complexity index is 421. The van der Waals surface area contributed by atoms with Crippen LogP contribution in [0.2, 0.25) is 0 Å². The molecule has 0 radical (unpaired) electrons. The van der Waals surface area contributed by atoms with Gasteiger partial charge >= 0.3 is 5.97 Å². The molecule has 0 aliphatic carbocycles. The molecule has 0 aromatic heterocycles. The van der Waals surface area contributed by atoms with E-state index in [9.17, 15) is 4.79 Å². The predicted octanol–water partition coefficient (Wildman–Crippen LogP) is 3.49. The summed E-state index contributed by atoms with van der Waals surface area (Å²) in [6.07, 6.45) is 3.73. The lowest BCUT2D eigenvalue weighted by Gasteiger charge is -2.20. The molecule has 0 spiro atoms. The minimum absolute atomic E-state index is 0.0324. The van der Waals surface area contributed by atoms with Gasteiger partial charge in [-0.1, -0.05) is 36.4 Å². The van der Waals surface area contributed by atoms with Gasteiger partial charge in [-0.15, -0.1) is 0 Å². The molecule has 1 aromatic carbocycles. The van der Waals surface area contributed by atoms with Gasteiger partial charge in [-0.2, -0.15) is 0 Å². The standard InChI is InChI=1S/C16H22O3/c1-13(10-11-16(3,4)19-14(2)17)18-12-15-8-6-5-7-9-15/h5-11,13H,12H2,1-4H3/b11-10+. The van der Waals surface area contributed by atoms with E-state index < -0.39 is 5.60 Å². The first-order valence-electron chi connectivity index (χ1n) is 6.43. The number of benzene rings is 1. The number of rotatable bonds is 6. The fourth-order valence-corrected chi connectivity index (χ4v) is 1.63. The largest absolute Gasteiger partial charge is 0.456 e. The average molecular weight is 262 g/mol. The summed E-state index contributed by atoms with van der Waals surface area (Å²) in [5.74, 6) is -0.285. The predicted molar refractivity (Wildman–Crippen MR) is 75.7 cm³/mol. The second-order valence-corrected chi connectivity index (χ2v) is 5.06. The summed E-state index contributed by atoms with van der Waals surface area (Å²) in [6.45, 7) is 7.62. The van der Waals surface area contributed by atoms with Gasteiger partial charge in [-0.05, 0) is 32.4 Å². The van der Waals surface area contributed by atoms with Gasteiger partial charge in [-0.3, -0.25) is 4.79 Å². The molecule has 0 N–H and O–H groups in total. The SMILES string of the molecule is CC(=O)OC(C)(C)/C=C/C(C)OCc1ccccc1. The van der Waals surface area contributed by atoms with Gasteiger partial charge in [0.1, 0.15) is 5.60 Å². The highest BCUT2D eigenvalue weighted by Gasteiger charge is 2.17. The molecule has 0 aliphatic rings. The Kier molecular flexibility index (Phi) is 5.77. The highest BCUT2D eigenvalue weighted by molar-refractivity contribution is 5.66. The van der Waals surface area contributed by atoms with Crippen LogP contribution in [0.5, 0.6) is 0 Å². The van der Waals surface area contributed by atoms with Crippen LogP contribution < -0.4 is 0 Å². The van der Waals surface area contributed by atoms with Crippen LogP contribution in [0, 0.1) is 0 Å². The fourth-order valence-electron chi connectivity index (χ4n) is 1.63. The van der Waals surface area contributed by atoms with Crippen LogP contribution in [0.1, 0.15) is 33.3 Å². The first-order chi connectivity index (χ1) is 8.89. The van der Waals surface area contributed by atoms with Crippen LogP contribution in [0.25, 0.3) is 0 Å². The van der Waals surface area contributed by atoms with E-state index in [1.54, 1.807) is 0 Å². The number of esters is 1. The summed E-state index contributed by atoms with van der Waals surface area (Å²) in [4.78, 5) is 10.9. The smallest absolute Gasteiger partial charge is 0.303 e. The fraction of sp³-hybridized carbons (Fsp3) is 0.438. The number of ether oxygens (including phenoxy) is 2. The maximum Gasteiger partial charge on any atom is 0.303 e. The van der Waals surface area contributed by atoms with E-state index in [0.29, 0.717) is 6.61 Å². The van der Waals surface area contributed by atoms with E-state index in [1.165, 1.54) is 6.92 Å². The lowest BCUT2D eigenvalue weighted by molar-refractivity contribution is -0.149. The van der Waals surface area contributed by atoms with Crippen molar-refractivity contribution in [3.63, 3.8) is 0 Å². The molecule has 0 aliphatic heterocycles. The maximum absolute atomic E-state index is 10.9. The zero-order valence-corrected chi connectivity index (χ0v) is 12.1. The molecule has 0 saturated carbocycles. The first-order valence-corrected chi connectivity index (χ1v) is 6.43. The summed E-state index contributed by atoms with van der Waals surface area (Å²) < 4.78 is 10.9. The van der Waals surface area contributed by atoms with Crippen molar-refractivity contribution in [3.05, 3.63) is 48.0 Å². The van der Waals surface area contributed by atoms with Gasteiger partial charge in [0, 0.05) is 6.92 Å². The monoisotopic (exact) mass is 262 g/mol. The maximum atomic E-state index is 10.9. The molecule has 104 valence electrons. The Labute approximate surface area is 115 Å². The molecule has 19 heavy (non-hydrogen) atoms. The summed E-state index contributed by atoms with van der Waals surface area (Å²) >= 11 is 0. The van der Waals surface area contributed by atoms with Crippen LogP contribution in [0.4, 0.5) is 0 Å². The van der Waals surface area contributed by atoms with Crippen molar-refractivity contribution in [3.8, 4) is 0 Å². The lowest BCUT2D eigenvalue weighted by Crippen LogP contribution is -2.24. The van der Waals surface area contributed by atoms with Crippen molar-refractivity contribution >= 4 is 5.97 Å². The second kappa shape index (κ2) is 7.10. The highest BCUT2D eigenvalue weighted by Crippen LogP contribution is 2.13. The Morgan fingerprint density at radius 1 is 1.32 bits per heavy atom. The lowest BCUT2D eigenvalue weighted by atomic mass is 10.1. The Morgan fingerprint density at radius 3 is 2.53 bits per heavy atom. The van der Waals surface area contributed by atoms with Gasteiger partial charge < -0.3 is 9.47 Å². The second-order valence-electron chi connectivity index (χ2n) is 5.06. The number of hydrogen-bond donors (Lipinski definition) is 0. The van der Waals surface area contributed by atoms with Gasteiger partial charge in [-0.25, -0.2) is 0 Å². The Morgan fingerprint density at radius 2 is 1.95 bits per heavy atom. The number of carbonyl (C=O) groups excluding carboxylic acids is 1. The van der Waals surface area contributed by atoms with Gasteiger partial charge in [0.05, 0.1) is 12.7 Å². The molecule has 1 unspecified atom stereocenters. The molecule has 1 atom stereocenters. The van der Waals surface area contributed by atoms with Crippen molar-refractivity contribution < 1.29 is 14.3 Å². The Hall–Kier alpha value is -1.61. The van der Waals surface area contributed by atoms with E-state index in [0.717, 1.165) is 5.56 Å². The van der Waals surface area contributed by atoms with Crippen LogP contribution in [0.3, 0.4) is 0 Å². The summed E-state index contributed by atoms with van der Waals surface area (Å²) in [6, 6.07) is 10.0. The third kappa shape index (κ3) is 6.77. The van der Waals surface area contributed by atoms with E-state index in [-0.39, 0.29) is 12.1 Å². The third-order valence-electron chi connectivity index (χ3n) is 2.53. The topological polar surface area (TPSA) is 35.5 Å². The van der Waals surface area contributed by atoms with E-state index in [4.69, 9.17) is 9.47 Å². The van der Waals surface area contributed by atoms with Crippen LogP contribution in [-0.2, 0) is 20.9 Å². The number of carbonyl (C=O) groups is 1. The first kappa shape index (κ1) is 15.4. The van der Waals surface area contributed by atoms with E-state index >= 15 is 0 Å². The van der Waals surface area contributed by atoms with Crippen molar-refractivity contribution in [2.45, 2.75) is 46.0 Å². The van der Waals surface area contributed by atoms with E-state index in [1.807, 2.05) is 63.3 Å². The molecule has 0 amide bonds. The Balaban J connectivity index is 2.42. The van der Waals surface area contributed by atoms with Gasteiger partial charge in [0.2, 0.25) is 0 Å². The van der Waals surface area contributed by atoms with Crippen LogP contribution in [0.15, 0.2) is 42.5 Å². The van der Waals surface area contributed by atoms with Crippen LogP contribution >= 0.6 is 0 Å². The molecule has 1 aromatic rings.